The Morgan fingerprint density at radius 1 is 1.07 bits per heavy atom. The number of halogens is 1. The molecule has 2 aromatic rings. The van der Waals surface area contributed by atoms with Crippen molar-refractivity contribution in [3.63, 3.8) is 0 Å². The molecule has 148 valence electrons. The fraction of sp³-hybridized carbons (Fsp3) is 0.300. The Balaban J connectivity index is 1.52. The summed E-state index contributed by atoms with van der Waals surface area (Å²) >= 11 is 6.04. The van der Waals surface area contributed by atoms with Gasteiger partial charge in [0.25, 0.3) is 5.91 Å². The van der Waals surface area contributed by atoms with Crippen LogP contribution in [0.1, 0.15) is 10.4 Å². The maximum absolute atomic E-state index is 12.4. The average Bonchev–Trinajstić information content (AvgIpc) is 2.71. The number of carbonyl (C=O) groups excluding carboxylic acids is 2. The van der Waals surface area contributed by atoms with E-state index in [2.05, 4.69) is 4.90 Å². The summed E-state index contributed by atoms with van der Waals surface area (Å²) in [7, 11) is -1.31. The zero-order valence-corrected chi connectivity index (χ0v) is 17.0. The van der Waals surface area contributed by atoms with E-state index in [1.165, 1.54) is 6.26 Å². The summed E-state index contributed by atoms with van der Waals surface area (Å²) in [6.07, 6.45) is 1.50. The Bertz CT molecular complexity index is 897. The molecule has 6 nitrogen and oxygen atoms in total. The second-order valence-electron chi connectivity index (χ2n) is 6.37. The lowest BCUT2D eigenvalue weighted by Crippen LogP contribution is -2.49. The summed E-state index contributed by atoms with van der Waals surface area (Å²) < 4.78 is 16.9. The van der Waals surface area contributed by atoms with E-state index in [1.807, 2.05) is 24.3 Å². The first-order chi connectivity index (χ1) is 13.5. The number of rotatable bonds is 5. The fourth-order valence-electron chi connectivity index (χ4n) is 3.07. The van der Waals surface area contributed by atoms with Crippen molar-refractivity contribution in [2.45, 2.75) is 4.90 Å². The number of benzene rings is 2. The number of ether oxygens (including phenoxy) is 1. The molecule has 28 heavy (non-hydrogen) atoms. The third-order valence-electron chi connectivity index (χ3n) is 4.55. The van der Waals surface area contributed by atoms with Crippen LogP contribution in [0.25, 0.3) is 0 Å². The molecular weight excluding hydrogens is 400 g/mol. The lowest BCUT2D eigenvalue weighted by atomic mass is 10.2. The number of anilines is 1. The molecule has 1 atom stereocenters. The van der Waals surface area contributed by atoms with Gasteiger partial charge in [0, 0.05) is 43.1 Å². The van der Waals surface area contributed by atoms with Crippen LogP contribution >= 0.6 is 11.6 Å². The molecule has 1 heterocycles. The van der Waals surface area contributed by atoms with Gasteiger partial charge in [-0.1, -0.05) is 29.8 Å². The normalized spacial score (nSPS) is 15.2. The van der Waals surface area contributed by atoms with Crippen LogP contribution in [-0.2, 0) is 20.3 Å². The van der Waals surface area contributed by atoms with Gasteiger partial charge >= 0.3 is 5.97 Å². The van der Waals surface area contributed by atoms with Gasteiger partial charge in [0.2, 0.25) is 0 Å². The molecule has 1 aliphatic rings. The van der Waals surface area contributed by atoms with E-state index in [4.69, 9.17) is 16.3 Å². The van der Waals surface area contributed by atoms with Gasteiger partial charge < -0.3 is 14.5 Å². The van der Waals surface area contributed by atoms with Gasteiger partial charge in [0.15, 0.2) is 6.61 Å². The van der Waals surface area contributed by atoms with Crippen LogP contribution in [0.5, 0.6) is 0 Å². The van der Waals surface area contributed by atoms with E-state index in [-0.39, 0.29) is 18.1 Å². The SMILES string of the molecule is C[S@@](=O)c1ccccc1C(=O)OCC(=O)N1CCN(c2cccc(Cl)c2)CC1. The van der Waals surface area contributed by atoms with Crippen LogP contribution in [0, 0.1) is 0 Å². The lowest BCUT2D eigenvalue weighted by Gasteiger charge is -2.36. The zero-order chi connectivity index (χ0) is 20.1. The topological polar surface area (TPSA) is 66.9 Å². The van der Waals surface area contributed by atoms with Crippen LogP contribution in [0.3, 0.4) is 0 Å². The van der Waals surface area contributed by atoms with Crippen LogP contribution in [0.4, 0.5) is 5.69 Å². The Labute approximate surface area is 171 Å². The van der Waals surface area contributed by atoms with Gasteiger partial charge in [-0.25, -0.2) is 4.79 Å². The first kappa shape index (κ1) is 20.4. The van der Waals surface area contributed by atoms with Crippen molar-refractivity contribution in [1.82, 2.24) is 4.90 Å². The van der Waals surface area contributed by atoms with E-state index in [9.17, 15) is 13.8 Å². The molecule has 0 aliphatic carbocycles. The Kier molecular flexibility index (Phi) is 6.70. The molecule has 0 saturated carbocycles. The Morgan fingerprint density at radius 2 is 1.79 bits per heavy atom. The highest BCUT2D eigenvalue weighted by molar-refractivity contribution is 7.84. The molecule has 2 aromatic carbocycles. The molecule has 1 saturated heterocycles. The van der Waals surface area contributed by atoms with Gasteiger partial charge in [0.1, 0.15) is 0 Å². The number of piperazine rings is 1. The molecule has 3 rings (SSSR count). The molecule has 0 aromatic heterocycles. The van der Waals surface area contributed by atoms with Gasteiger partial charge in [-0.05, 0) is 30.3 Å². The Morgan fingerprint density at radius 3 is 2.46 bits per heavy atom. The smallest absolute Gasteiger partial charge is 0.339 e. The molecule has 0 spiro atoms. The van der Waals surface area contributed by atoms with Crippen LogP contribution in [0.2, 0.25) is 5.02 Å². The van der Waals surface area contributed by atoms with Crippen molar-refractivity contribution >= 4 is 40.0 Å². The lowest BCUT2D eigenvalue weighted by molar-refractivity contribution is -0.134. The highest BCUT2D eigenvalue weighted by Gasteiger charge is 2.23. The zero-order valence-electron chi connectivity index (χ0n) is 15.5. The maximum atomic E-state index is 12.4. The van der Waals surface area contributed by atoms with E-state index in [1.54, 1.807) is 29.2 Å². The molecule has 0 radical (unpaired) electrons. The summed E-state index contributed by atoms with van der Waals surface area (Å²) in [5, 5.41) is 0.677. The summed E-state index contributed by atoms with van der Waals surface area (Å²) in [6, 6.07) is 14.1. The van der Waals surface area contributed by atoms with E-state index in [0.29, 0.717) is 36.1 Å². The summed E-state index contributed by atoms with van der Waals surface area (Å²) in [6.45, 7) is 2.10. The van der Waals surface area contributed by atoms with Crippen LogP contribution in [0.15, 0.2) is 53.4 Å². The van der Waals surface area contributed by atoms with E-state index in [0.717, 1.165) is 5.69 Å². The first-order valence-electron chi connectivity index (χ1n) is 8.83. The molecule has 1 amide bonds. The monoisotopic (exact) mass is 420 g/mol. The molecule has 1 fully saturated rings. The van der Waals surface area contributed by atoms with Crippen LogP contribution in [-0.4, -0.2) is 60.0 Å². The predicted molar refractivity (Wildman–Crippen MR) is 109 cm³/mol. The van der Waals surface area contributed by atoms with Gasteiger partial charge in [-0.2, -0.15) is 0 Å². The quantitative estimate of drug-likeness (QED) is 0.695. The molecule has 0 N–H and O–H groups in total. The molecule has 0 unspecified atom stereocenters. The van der Waals surface area contributed by atoms with Crippen molar-refractivity contribution in [3.05, 3.63) is 59.1 Å². The van der Waals surface area contributed by atoms with Gasteiger partial charge in [-0.15, -0.1) is 0 Å². The highest BCUT2D eigenvalue weighted by atomic mass is 35.5. The van der Waals surface area contributed by atoms with Crippen molar-refractivity contribution in [1.29, 1.82) is 0 Å². The van der Waals surface area contributed by atoms with E-state index >= 15 is 0 Å². The highest BCUT2D eigenvalue weighted by Crippen LogP contribution is 2.21. The van der Waals surface area contributed by atoms with Gasteiger partial charge in [0.05, 0.1) is 21.3 Å². The van der Waals surface area contributed by atoms with Crippen molar-refractivity contribution in [2.75, 3.05) is 43.9 Å². The Hall–Kier alpha value is -2.38. The minimum absolute atomic E-state index is 0.224. The van der Waals surface area contributed by atoms with Crippen molar-refractivity contribution in [2.24, 2.45) is 0 Å². The molecule has 8 heteroatoms. The summed E-state index contributed by atoms with van der Waals surface area (Å²) in [4.78, 5) is 28.9. The second-order valence-corrected chi connectivity index (χ2v) is 8.16. The fourth-order valence-corrected chi connectivity index (χ4v) is 3.98. The largest absolute Gasteiger partial charge is 0.452 e. The van der Waals surface area contributed by atoms with Crippen molar-refractivity contribution < 1.29 is 18.5 Å². The van der Waals surface area contributed by atoms with Crippen molar-refractivity contribution in [3.8, 4) is 0 Å². The second kappa shape index (κ2) is 9.21. The molecular formula is C20H21ClN2O4S. The maximum Gasteiger partial charge on any atom is 0.339 e. The van der Waals surface area contributed by atoms with E-state index < -0.39 is 16.8 Å². The number of hydrogen-bond acceptors (Lipinski definition) is 5. The standard InChI is InChI=1S/C20H21ClN2O4S/c1-28(26)18-8-3-2-7-17(18)20(25)27-14-19(24)23-11-9-22(10-12-23)16-6-4-5-15(21)13-16/h2-8,13H,9-12,14H2,1H3/t28-/m1/s1. The summed E-state index contributed by atoms with van der Waals surface area (Å²) in [5.74, 6) is -0.883. The molecule has 0 bridgehead atoms. The number of esters is 1. The number of amides is 1. The number of carbonyl (C=O) groups is 2. The predicted octanol–water partition coefficient (Wildman–Crippen LogP) is 2.58. The third-order valence-corrected chi connectivity index (χ3v) is 5.76. The minimum atomic E-state index is -1.31. The summed E-state index contributed by atoms with van der Waals surface area (Å²) in [5.41, 5.74) is 1.25. The number of hydrogen-bond donors (Lipinski definition) is 0. The molecule has 1 aliphatic heterocycles. The first-order valence-corrected chi connectivity index (χ1v) is 10.8. The van der Waals surface area contributed by atoms with Gasteiger partial charge in [-0.3, -0.25) is 9.00 Å². The average molecular weight is 421 g/mol. The number of nitrogens with zero attached hydrogens (tertiary/aromatic N) is 2. The van der Waals surface area contributed by atoms with Crippen LogP contribution < -0.4 is 4.90 Å². The third kappa shape index (κ3) is 4.91. The minimum Gasteiger partial charge on any atom is -0.452 e.